The van der Waals surface area contributed by atoms with Crippen LogP contribution in [0.2, 0.25) is 0 Å². The average Bonchev–Trinajstić information content (AvgIpc) is 2.68. The summed E-state index contributed by atoms with van der Waals surface area (Å²) in [6.45, 7) is 5.99. The van der Waals surface area contributed by atoms with Crippen LogP contribution < -0.4 is 0 Å². The summed E-state index contributed by atoms with van der Waals surface area (Å²) in [4.78, 5) is 26.2. The molecule has 1 aliphatic heterocycles. The van der Waals surface area contributed by atoms with Crippen molar-refractivity contribution in [3.8, 4) is 0 Å². The monoisotopic (exact) mass is 236 g/mol. The first-order valence-corrected chi connectivity index (χ1v) is 5.67. The van der Waals surface area contributed by atoms with Crippen LogP contribution in [-0.4, -0.2) is 48.3 Å². The molecule has 0 N–H and O–H groups in total. The van der Waals surface area contributed by atoms with Gasteiger partial charge in [0.1, 0.15) is 11.5 Å². The van der Waals surface area contributed by atoms with Crippen molar-refractivity contribution in [2.24, 2.45) is 0 Å². The summed E-state index contributed by atoms with van der Waals surface area (Å²) in [6.07, 6.45) is 0.828. The molecule has 92 valence electrons. The van der Waals surface area contributed by atoms with Gasteiger partial charge < -0.3 is 14.2 Å². The third-order valence-corrected chi connectivity index (χ3v) is 3.02. The van der Waals surface area contributed by atoms with Crippen molar-refractivity contribution in [2.75, 3.05) is 26.2 Å². The lowest BCUT2D eigenvalue weighted by atomic mass is 10.2. The standard InChI is InChI=1S/C12H16N2O3/c1-9-7-11(10(2)17-9)12(16)14-5-3-13(8-15)4-6-14/h7-8H,3-6H2,1-2H3. The average molecular weight is 236 g/mol. The number of furan rings is 1. The number of aryl methyl sites for hydroxylation is 2. The Balaban J connectivity index is 2.06. The van der Waals surface area contributed by atoms with E-state index >= 15 is 0 Å². The Morgan fingerprint density at radius 2 is 1.94 bits per heavy atom. The zero-order valence-electron chi connectivity index (χ0n) is 10.1. The third kappa shape index (κ3) is 2.33. The first-order chi connectivity index (χ1) is 8.11. The van der Waals surface area contributed by atoms with Crippen LogP contribution in [0.1, 0.15) is 21.9 Å². The third-order valence-electron chi connectivity index (χ3n) is 3.02. The number of hydrogen-bond donors (Lipinski definition) is 0. The summed E-state index contributed by atoms with van der Waals surface area (Å²) in [5, 5.41) is 0. The molecular weight excluding hydrogens is 220 g/mol. The van der Waals surface area contributed by atoms with E-state index in [4.69, 9.17) is 4.42 Å². The van der Waals surface area contributed by atoms with E-state index in [1.807, 2.05) is 6.92 Å². The summed E-state index contributed by atoms with van der Waals surface area (Å²) >= 11 is 0. The maximum atomic E-state index is 12.2. The second-order valence-electron chi connectivity index (χ2n) is 4.26. The van der Waals surface area contributed by atoms with Crippen molar-refractivity contribution in [1.29, 1.82) is 0 Å². The van der Waals surface area contributed by atoms with Gasteiger partial charge in [0.05, 0.1) is 5.56 Å². The van der Waals surface area contributed by atoms with Gasteiger partial charge in [-0.1, -0.05) is 0 Å². The van der Waals surface area contributed by atoms with Crippen LogP contribution in [-0.2, 0) is 4.79 Å². The van der Waals surface area contributed by atoms with E-state index in [-0.39, 0.29) is 5.91 Å². The maximum Gasteiger partial charge on any atom is 0.257 e. The van der Waals surface area contributed by atoms with Gasteiger partial charge in [0, 0.05) is 26.2 Å². The molecule has 0 bridgehead atoms. The van der Waals surface area contributed by atoms with E-state index < -0.39 is 0 Å². The van der Waals surface area contributed by atoms with E-state index in [1.54, 1.807) is 22.8 Å². The van der Waals surface area contributed by atoms with Gasteiger partial charge in [-0.2, -0.15) is 0 Å². The number of hydrogen-bond acceptors (Lipinski definition) is 3. The number of nitrogens with zero attached hydrogens (tertiary/aromatic N) is 2. The van der Waals surface area contributed by atoms with Crippen molar-refractivity contribution in [2.45, 2.75) is 13.8 Å². The molecule has 1 aromatic heterocycles. The number of piperazine rings is 1. The van der Waals surface area contributed by atoms with Crippen LogP contribution in [0.4, 0.5) is 0 Å². The van der Waals surface area contributed by atoms with Crippen LogP contribution in [0, 0.1) is 13.8 Å². The van der Waals surface area contributed by atoms with Gasteiger partial charge >= 0.3 is 0 Å². The SMILES string of the molecule is Cc1cc(C(=O)N2CCN(C=O)CC2)c(C)o1. The predicted octanol–water partition coefficient (Wildman–Crippen LogP) is 0.811. The fourth-order valence-corrected chi connectivity index (χ4v) is 2.04. The van der Waals surface area contributed by atoms with E-state index in [0.29, 0.717) is 37.5 Å². The first-order valence-electron chi connectivity index (χ1n) is 5.67. The highest BCUT2D eigenvalue weighted by Crippen LogP contribution is 2.16. The second kappa shape index (κ2) is 4.61. The molecule has 0 aliphatic carbocycles. The molecule has 0 spiro atoms. The molecule has 1 aromatic rings. The minimum absolute atomic E-state index is 0.00935. The molecule has 1 fully saturated rings. The Morgan fingerprint density at radius 3 is 2.41 bits per heavy atom. The van der Waals surface area contributed by atoms with Crippen LogP contribution in [0.15, 0.2) is 10.5 Å². The normalized spacial score (nSPS) is 16.1. The smallest absolute Gasteiger partial charge is 0.257 e. The highest BCUT2D eigenvalue weighted by molar-refractivity contribution is 5.95. The summed E-state index contributed by atoms with van der Waals surface area (Å²) in [5.74, 6) is 1.40. The Labute approximate surface area is 100.0 Å². The Kier molecular flexibility index (Phi) is 3.17. The molecule has 0 unspecified atom stereocenters. The van der Waals surface area contributed by atoms with Gasteiger partial charge in [0.2, 0.25) is 6.41 Å². The highest BCUT2D eigenvalue weighted by atomic mass is 16.3. The molecule has 1 saturated heterocycles. The number of carbonyl (C=O) groups excluding carboxylic acids is 2. The molecule has 5 nitrogen and oxygen atoms in total. The van der Waals surface area contributed by atoms with Gasteiger partial charge in [0.25, 0.3) is 5.91 Å². The lowest BCUT2D eigenvalue weighted by Crippen LogP contribution is -2.48. The summed E-state index contributed by atoms with van der Waals surface area (Å²) in [5.41, 5.74) is 0.627. The summed E-state index contributed by atoms with van der Waals surface area (Å²) < 4.78 is 5.35. The minimum atomic E-state index is -0.00935. The minimum Gasteiger partial charge on any atom is -0.466 e. The largest absolute Gasteiger partial charge is 0.466 e. The van der Waals surface area contributed by atoms with Crippen molar-refractivity contribution >= 4 is 12.3 Å². The van der Waals surface area contributed by atoms with Gasteiger partial charge in [-0.25, -0.2) is 0 Å². The van der Waals surface area contributed by atoms with E-state index in [0.717, 1.165) is 12.2 Å². The van der Waals surface area contributed by atoms with Crippen LogP contribution in [0.25, 0.3) is 0 Å². The van der Waals surface area contributed by atoms with E-state index in [1.165, 1.54) is 0 Å². The molecule has 17 heavy (non-hydrogen) atoms. The van der Waals surface area contributed by atoms with Crippen LogP contribution >= 0.6 is 0 Å². The Bertz CT molecular complexity index is 431. The molecule has 5 heteroatoms. The van der Waals surface area contributed by atoms with Crippen molar-refractivity contribution < 1.29 is 14.0 Å². The molecular formula is C12H16N2O3. The fraction of sp³-hybridized carbons (Fsp3) is 0.500. The van der Waals surface area contributed by atoms with Crippen molar-refractivity contribution in [3.63, 3.8) is 0 Å². The zero-order chi connectivity index (χ0) is 12.4. The molecule has 0 atom stereocenters. The number of amides is 2. The summed E-state index contributed by atoms with van der Waals surface area (Å²) in [7, 11) is 0. The Morgan fingerprint density at radius 1 is 1.29 bits per heavy atom. The number of carbonyl (C=O) groups is 2. The lowest BCUT2D eigenvalue weighted by Gasteiger charge is -2.32. The van der Waals surface area contributed by atoms with Crippen molar-refractivity contribution in [3.05, 3.63) is 23.2 Å². The molecule has 0 radical (unpaired) electrons. The summed E-state index contributed by atoms with van der Waals surface area (Å²) in [6, 6.07) is 1.77. The molecule has 2 heterocycles. The van der Waals surface area contributed by atoms with E-state index in [2.05, 4.69) is 0 Å². The topological polar surface area (TPSA) is 53.8 Å². The molecule has 2 rings (SSSR count). The van der Waals surface area contributed by atoms with Crippen LogP contribution in [0.5, 0.6) is 0 Å². The predicted molar refractivity (Wildman–Crippen MR) is 61.7 cm³/mol. The molecule has 1 aliphatic rings. The first kappa shape index (κ1) is 11.7. The maximum absolute atomic E-state index is 12.2. The number of rotatable bonds is 2. The zero-order valence-corrected chi connectivity index (χ0v) is 10.1. The van der Waals surface area contributed by atoms with Gasteiger partial charge in [-0.3, -0.25) is 9.59 Å². The molecule has 0 aromatic carbocycles. The van der Waals surface area contributed by atoms with E-state index in [9.17, 15) is 9.59 Å². The lowest BCUT2D eigenvalue weighted by molar-refractivity contribution is -0.119. The van der Waals surface area contributed by atoms with Gasteiger partial charge in [-0.15, -0.1) is 0 Å². The Hall–Kier alpha value is -1.78. The van der Waals surface area contributed by atoms with Crippen LogP contribution in [0.3, 0.4) is 0 Å². The van der Waals surface area contributed by atoms with Gasteiger partial charge in [0.15, 0.2) is 0 Å². The molecule has 0 saturated carbocycles. The molecule has 2 amide bonds. The highest BCUT2D eigenvalue weighted by Gasteiger charge is 2.23. The second-order valence-corrected chi connectivity index (χ2v) is 4.26. The quantitative estimate of drug-likeness (QED) is 0.714. The van der Waals surface area contributed by atoms with Crippen molar-refractivity contribution in [1.82, 2.24) is 9.80 Å². The fourth-order valence-electron chi connectivity index (χ4n) is 2.04. The van der Waals surface area contributed by atoms with Gasteiger partial charge in [-0.05, 0) is 19.9 Å².